The Labute approximate surface area is 598 Å². The fraction of sp³-hybridized carbons (Fsp3) is 0.425. The Morgan fingerprint density at radius 3 is 1.84 bits per heavy atom. The summed E-state index contributed by atoms with van der Waals surface area (Å²) in [6.07, 6.45) is 16.6. The van der Waals surface area contributed by atoms with Crippen LogP contribution in [0.1, 0.15) is 167 Å². The first-order valence-electron chi connectivity index (χ1n) is 34.5. The first kappa shape index (κ1) is 76.4. The predicted octanol–water partition coefficient (Wildman–Crippen LogP) is 16.7. The number of unbranched alkanes of at least 4 members (excludes halogenated alkanes) is 9. The molecular weight excluding hydrogens is 1320 g/mol. The van der Waals surface area contributed by atoms with Crippen molar-refractivity contribution in [3.8, 4) is 34.5 Å². The number of Topliss-reactive ketones (excluding diaryl/α,β-unsaturated/α-hetero) is 2. The molecule has 2 saturated heterocycles. The number of ether oxygens (including phenoxy) is 7. The van der Waals surface area contributed by atoms with Crippen molar-refractivity contribution in [1.82, 2.24) is 15.1 Å². The van der Waals surface area contributed by atoms with Crippen molar-refractivity contribution in [2.45, 2.75) is 160 Å². The van der Waals surface area contributed by atoms with Crippen molar-refractivity contribution in [3.63, 3.8) is 0 Å². The van der Waals surface area contributed by atoms with E-state index in [0.29, 0.717) is 122 Å². The van der Waals surface area contributed by atoms with Gasteiger partial charge in [0.2, 0.25) is 23.5 Å². The largest absolute Gasteiger partial charge is 0.493 e. The number of amides is 3. The molecule has 19 heteroatoms. The number of esters is 1. The number of benzene rings is 6. The lowest BCUT2D eigenvalue weighted by molar-refractivity contribution is -0.162. The Kier molecular flexibility index (Phi) is 30.0. The zero-order valence-corrected chi connectivity index (χ0v) is 60.4. The minimum Gasteiger partial charge on any atom is -0.493 e. The van der Waals surface area contributed by atoms with Crippen LogP contribution < -0.4 is 33.7 Å². The summed E-state index contributed by atoms with van der Waals surface area (Å²) in [6.45, 7) is 4.24. The van der Waals surface area contributed by atoms with E-state index in [2.05, 4.69) is 5.32 Å². The molecule has 4 atom stereocenters. The van der Waals surface area contributed by atoms with E-state index in [9.17, 15) is 28.8 Å². The minimum atomic E-state index is -0.866. The van der Waals surface area contributed by atoms with Crippen molar-refractivity contribution in [3.05, 3.63) is 186 Å². The molecule has 6 aromatic carbocycles. The maximum absolute atomic E-state index is 14.7. The van der Waals surface area contributed by atoms with Crippen LogP contribution in [0.25, 0.3) is 12.2 Å². The lowest BCUT2D eigenvalue weighted by Crippen LogP contribution is -2.52. The molecule has 99 heavy (non-hydrogen) atoms. The smallest absolute Gasteiger partial charge is 0.329 e. The van der Waals surface area contributed by atoms with E-state index < -0.39 is 30.1 Å². The molecule has 1 N–H and O–H groups in total. The van der Waals surface area contributed by atoms with Gasteiger partial charge in [0.1, 0.15) is 30.5 Å². The monoisotopic (exact) mass is 1410 g/mol. The number of likely N-dealkylation sites (tertiary alicyclic amines) is 2. The molecule has 2 heterocycles. The Morgan fingerprint density at radius 2 is 1.22 bits per heavy atom. The van der Waals surface area contributed by atoms with Gasteiger partial charge in [0.25, 0.3) is 0 Å². The summed E-state index contributed by atoms with van der Waals surface area (Å²) in [5.74, 6) is 1.01. The third kappa shape index (κ3) is 22.1. The van der Waals surface area contributed by atoms with Crippen LogP contribution in [0.15, 0.2) is 132 Å². The Hall–Kier alpha value is -8.31. The van der Waals surface area contributed by atoms with E-state index >= 15 is 0 Å². The molecule has 2 fully saturated rings. The highest BCUT2D eigenvalue weighted by Crippen LogP contribution is 2.42. The molecule has 0 radical (unpaired) electrons. The van der Waals surface area contributed by atoms with Gasteiger partial charge in [-0.3, -0.25) is 24.0 Å². The highest BCUT2D eigenvalue weighted by atomic mass is 35.5. The number of ketones is 2. The average Bonchev–Trinajstić information content (AvgIpc) is 0.814. The van der Waals surface area contributed by atoms with Gasteiger partial charge in [0, 0.05) is 55.1 Å². The molecular formula is C80H94Cl3N3O13. The molecule has 1 unspecified atom stereocenters. The number of methoxy groups -OCH3 is 5. The van der Waals surface area contributed by atoms with Crippen LogP contribution in [-0.2, 0) is 46.3 Å². The zero-order chi connectivity index (χ0) is 70.8. The maximum atomic E-state index is 14.7. The lowest BCUT2D eigenvalue weighted by Gasteiger charge is -2.37. The molecule has 8 rings (SSSR count). The van der Waals surface area contributed by atoms with Crippen LogP contribution in [0.3, 0.4) is 0 Å². The zero-order valence-electron chi connectivity index (χ0n) is 58.1. The number of carbonyl (C=O) groups is 6. The second-order valence-corrected chi connectivity index (χ2v) is 26.6. The van der Waals surface area contributed by atoms with Crippen LogP contribution in [-0.4, -0.2) is 119 Å². The van der Waals surface area contributed by atoms with Gasteiger partial charge in [-0.2, -0.15) is 0 Å². The Morgan fingerprint density at radius 1 is 0.596 bits per heavy atom. The Bertz CT molecular complexity index is 3700. The molecule has 0 spiro atoms. The minimum absolute atomic E-state index is 0.00151. The summed E-state index contributed by atoms with van der Waals surface area (Å²) < 4.78 is 40.5. The van der Waals surface area contributed by atoms with E-state index in [1.807, 2.05) is 92.7 Å². The van der Waals surface area contributed by atoms with Crippen LogP contribution in [0.4, 0.5) is 0 Å². The van der Waals surface area contributed by atoms with Gasteiger partial charge in [-0.15, -0.1) is 0 Å². The lowest BCUT2D eigenvalue weighted by atomic mass is 9.91. The molecule has 0 saturated carbocycles. The topological polar surface area (TPSA) is 186 Å². The van der Waals surface area contributed by atoms with Crippen molar-refractivity contribution in [1.29, 1.82) is 0 Å². The van der Waals surface area contributed by atoms with Gasteiger partial charge in [0.05, 0.1) is 51.5 Å². The molecule has 16 nitrogen and oxygen atoms in total. The summed E-state index contributed by atoms with van der Waals surface area (Å²) in [5, 5.41) is 4.41. The predicted molar refractivity (Wildman–Crippen MR) is 390 cm³/mol. The number of nitrogens with one attached hydrogen (secondary N) is 1. The summed E-state index contributed by atoms with van der Waals surface area (Å²) in [5.41, 5.74) is 6.35. The van der Waals surface area contributed by atoms with Gasteiger partial charge in [0.15, 0.2) is 34.6 Å². The first-order chi connectivity index (χ1) is 47.9. The Balaban J connectivity index is 0.780. The number of nitrogens with zero attached hydrogens (tertiary/aromatic N) is 2. The van der Waals surface area contributed by atoms with Gasteiger partial charge in [-0.05, 0) is 164 Å². The van der Waals surface area contributed by atoms with E-state index in [4.69, 9.17) is 68.0 Å². The van der Waals surface area contributed by atoms with Gasteiger partial charge in [-0.25, -0.2) is 4.79 Å². The van der Waals surface area contributed by atoms with E-state index in [1.54, 1.807) is 78.6 Å². The van der Waals surface area contributed by atoms with Gasteiger partial charge in [-0.1, -0.05) is 160 Å². The molecule has 2 aliphatic heterocycles. The molecule has 0 aliphatic carbocycles. The van der Waals surface area contributed by atoms with Crippen LogP contribution in [0.5, 0.6) is 34.5 Å². The highest BCUT2D eigenvalue weighted by Gasteiger charge is 2.39. The number of hydrogen-bond donors (Lipinski definition) is 1. The van der Waals surface area contributed by atoms with Crippen molar-refractivity contribution < 1.29 is 61.9 Å². The third-order valence-electron chi connectivity index (χ3n) is 18.3. The fourth-order valence-electron chi connectivity index (χ4n) is 12.9. The van der Waals surface area contributed by atoms with Crippen molar-refractivity contribution in [2.75, 3.05) is 61.8 Å². The summed E-state index contributed by atoms with van der Waals surface area (Å²) in [6, 6.07) is 35.2. The van der Waals surface area contributed by atoms with Crippen LogP contribution in [0.2, 0.25) is 15.1 Å². The van der Waals surface area contributed by atoms with Crippen molar-refractivity contribution >= 4 is 82.2 Å². The second-order valence-electron chi connectivity index (χ2n) is 25.4. The molecule has 0 bridgehead atoms. The third-order valence-corrected chi connectivity index (χ3v) is 19.5. The number of halogens is 3. The summed E-state index contributed by atoms with van der Waals surface area (Å²) in [4.78, 5) is 88.2. The summed E-state index contributed by atoms with van der Waals surface area (Å²) >= 11 is 18.9. The molecule has 528 valence electrons. The molecule has 0 aromatic heterocycles. The fourth-order valence-corrected chi connectivity index (χ4v) is 13.3. The van der Waals surface area contributed by atoms with Crippen LogP contribution in [0, 0.1) is 6.92 Å². The van der Waals surface area contributed by atoms with Gasteiger partial charge >= 0.3 is 5.97 Å². The van der Waals surface area contributed by atoms with Crippen LogP contribution >= 0.6 is 34.8 Å². The van der Waals surface area contributed by atoms with E-state index in [1.165, 1.54) is 21.3 Å². The maximum Gasteiger partial charge on any atom is 0.329 e. The first-order valence-corrected chi connectivity index (χ1v) is 35.6. The number of aryl methyl sites for hydroxylation is 2. The normalized spacial score (nSPS) is 15.6. The second kappa shape index (κ2) is 38.9. The van der Waals surface area contributed by atoms with Gasteiger partial charge < -0.3 is 48.3 Å². The number of rotatable bonds is 36. The number of hydrogen-bond acceptors (Lipinski definition) is 13. The number of piperidine rings is 2. The van der Waals surface area contributed by atoms with Crippen molar-refractivity contribution in [2.24, 2.45) is 0 Å². The molecule has 6 aromatic rings. The average molecular weight is 1410 g/mol. The van der Waals surface area contributed by atoms with E-state index in [0.717, 1.165) is 92.9 Å². The SMILES string of the molecule is CC[C@H](C(=O)N1CCCC[C@H]1C(=O)OC(CCc1ccc(OC)c(OC)c1)c1cccc(OCC(=O)CCCCCCCCCCCCC(=O)N[C@@H](Cc2ccccc2)C(=O)N2C/C(=C\c3ccc(Cl)c(C)c3)C(=O)/C(=C/c3ccc(Cl)c(Cl)c3)C2)c1)c1cc(OC)c(OC)c(OC)c1. The standard InChI is InChI=1S/C80H94Cl3N3O13/c1-8-64(59-48-73(95-5)77(97-7)74(49-59)96-6)78(90)86-40-23-22-30-69(86)80(92)99-70(38-34-55-35-39-71(93-3)72(46-55)94-4)58-27-24-29-63(47-58)98-52-62(87)28-20-15-13-11-9-10-12-14-16-21-31-75(88)84-68(45-54-25-18-17-19-26-54)79(91)85-50-60(42-56-32-36-65(81)53(2)41-56)76(89)61(51-85)43-57-33-37-66(82)67(83)44-57/h17-19,24-27,29,32-33,35-37,39,41-44,46-49,64,68-70H,8-16,20-23,28,30-31,34,38,40,45,50-52H2,1-7H3,(H,84,88)/b60-42+,61-43+/t64-,68-,69-,70?/m0/s1. The molecule has 3 amide bonds. The molecule has 2 aliphatic rings. The quantitative estimate of drug-likeness (QED) is 0.0223. The highest BCUT2D eigenvalue weighted by molar-refractivity contribution is 6.42. The van der Waals surface area contributed by atoms with E-state index in [-0.39, 0.29) is 61.8 Å². The number of carbonyl (C=O) groups excluding carboxylic acids is 6. The summed E-state index contributed by atoms with van der Waals surface area (Å²) in [7, 11) is 7.77.